The third kappa shape index (κ3) is 9.59. The molecule has 0 aliphatic rings. The van der Waals surface area contributed by atoms with Crippen LogP contribution in [0.3, 0.4) is 0 Å². The minimum Gasteiger partial charge on any atom is -0.507 e. The number of aliphatic carboxylic acids is 1. The number of carboxylic acids is 2. The number of nitrogens with one attached hydrogen (secondary N) is 2. The average molecular weight is 686 g/mol. The van der Waals surface area contributed by atoms with Crippen molar-refractivity contribution in [2.45, 2.75) is 25.3 Å². The number of anilines is 2. The van der Waals surface area contributed by atoms with Gasteiger partial charge in [-0.3, -0.25) is 14.5 Å². The molecule has 0 aromatic heterocycles. The van der Waals surface area contributed by atoms with Gasteiger partial charge in [0, 0.05) is 23.7 Å². The van der Waals surface area contributed by atoms with Crippen molar-refractivity contribution in [2.24, 2.45) is 0 Å². The molecule has 1 atom stereocenters. The minimum absolute atomic E-state index is 0.0303. The maximum absolute atomic E-state index is 13.0. The van der Waals surface area contributed by atoms with E-state index in [0.29, 0.717) is 18.4 Å². The first-order valence-electron chi connectivity index (χ1n) is 14.2. The highest BCUT2D eigenvalue weighted by atomic mass is 35.5. The van der Waals surface area contributed by atoms with Gasteiger partial charge in [-0.1, -0.05) is 35.9 Å². The number of aromatic carboxylic acids is 1. The molecule has 0 aliphatic carbocycles. The molecule has 0 radical (unpaired) electrons. The van der Waals surface area contributed by atoms with Crippen LogP contribution in [0.4, 0.5) is 16.2 Å². The summed E-state index contributed by atoms with van der Waals surface area (Å²) < 4.78 is 14.9. The fraction of sp³-hybridized carbons (Fsp3) is 0.250. The van der Waals surface area contributed by atoms with E-state index in [1.807, 2.05) is 0 Å². The minimum atomic E-state index is -1.81. The van der Waals surface area contributed by atoms with E-state index in [4.69, 9.17) is 16.3 Å². The van der Waals surface area contributed by atoms with E-state index in [1.54, 1.807) is 0 Å². The Labute approximate surface area is 279 Å². The number of unbranched alkanes of at least 4 members (excludes halogenated alkanes) is 1. The number of amides is 3. The van der Waals surface area contributed by atoms with Crippen molar-refractivity contribution in [2.75, 3.05) is 32.3 Å². The molecule has 0 unspecified atom stereocenters. The summed E-state index contributed by atoms with van der Waals surface area (Å²) in [5.74, 6) is -6.28. The number of ether oxygens (including phenoxy) is 3. The molecule has 0 fully saturated rings. The van der Waals surface area contributed by atoms with Crippen molar-refractivity contribution in [3.8, 4) is 11.5 Å². The van der Waals surface area contributed by atoms with Crippen molar-refractivity contribution in [1.29, 1.82) is 0 Å². The van der Waals surface area contributed by atoms with E-state index < -0.39 is 47.6 Å². The second-order valence-corrected chi connectivity index (χ2v) is 10.4. The van der Waals surface area contributed by atoms with Crippen LogP contribution in [-0.4, -0.2) is 84.5 Å². The number of phenolic OH excluding ortho intramolecular Hbond substituents is 1. The molecule has 0 saturated heterocycles. The second-order valence-electron chi connectivity index (χ2n) is 9.96. The van der Waals surface area contributed by atoms with E-state index in [-0.39, 0.29) is 52.8 Å². The number of para-hydroxylation sites is 1. The first-order valence-corrected chi connectivity index (χ1v) is 14.6. The summed E-state index contributed by atoms with van der Waals surface area (Å²) >= 11 is 5.95. The lowest BCUT2D eigenvalue weighted by atomic mass is 10.0. The highest BCUT2D eigenvalue weighted by molar-refractivity contribution is 6.39. The van der Waals surface area contributed by atoms with E-state index in [9.17, 15) is 44.1 Å². The lowest BCUT2D eigenvalue weighted by molar-refractivity contribution is -0.148. The molecule has 16 heteroatoms. The lowest BCUT2D eigenvalue weighted by Crippen LogP contribution is -2.48. The Morgan fingerprint density at radius 1 is 0.917 bits per heavy atom. The zero-order valence-corrected chi connectivity index (χ0v) is 26.5. The number of hydrogen-bond donors (Lipinski definition) is 5. The van der Waals surface area contributed by atoms with Gasteiger partial charge in [0.2, 0.25) is 5.91 Å². The topological polar surface area (TPSA) is 218 Å². The first-order chi connectivity index (χ1) is 22.9. The maximum Gasteiger partial charge on any atom is 0.407 e. The molecule has 5 N–H and O–H groups in total. The summed E-state index contributed by atoms with van der Waals surface area (Å²) in [5.41, 5.74) is -0.0720. The molecule has 0 aliphatic heterocycles. The number of nitrogens with zero attached hydrogens (tertiary/aromatic N) is 1. The number of phenols is 1. The zero-order chi connectivity index (χ0) is 35.4. The number of rotatable bonds is 14. The normalized spacial score (nSPS) is 11.1. The summed E-state index contributed by atoms with van der Waals surface area (Å²) in [7, 11) is 2.29. The quantitative estimate of drug-likeness (QED) is 0.0935. The molecule has 0 spiro atoms. The van der Waals surface area contributed by atoms with Gasteiger partial charge >= 0.3 is 29.9 Å². The van der Waals surface area contributed by atoms with Crippen LogP contribution in [-0.2, 0) is 30.3 Å². The van der Waals surface area contributed by atoms with Crippen LogP contribution in [0, 0.1) is 0 Å². The lowest BCUT2D eigenvalue weighted by Gasteiger charge is -2.23. The van der Waals surface area contributed by atoms with E-state index in [2.05, 4.69) is 20.1 Å². The molecule has 3 amide bonds. The third-order valence-electron chi connectivity index (χ3n) is 6.75. The zero-order valence-electron chi connectivity index (χ0n) is 25.7. The standard InChI is InChI=1S/C32H32ClN3O12/c1-46-31(44)26-24(37)16-19(33)17-25(26)48-14-6-5-13-34-27(38)22(35-32(45)47-2)15-18-9-11-20(12-10-18)36(28(39)30(42)43)23-8-4-3-7-21(23)29(40)41/h3-4,7-12,16-17,22,37H,5-6,13-15H2,1-2H3,(H,34,38)(H,35,45)(H,40,41)(H,42,43)/t22-/m0/s1. The number of carbonyl (C=O) groups excluding carboxylic acids is 4. The molecule has 15 nitrogen and oxygen atoms in total. The van der Waals surface area contributed by atoms with Crippen LogP contribution in [0.25, 0.3) is 0 Å². The van der Waals surface area contributed by atoms with Gasteiger partial charge in [0.25, 0.3) is 0 Å². The Morgan fingerprint density at radius 2 is 1.60 bits per heavy atom. The van der Waals surface area contributed by atoms with Gasteiger partial charge in [-0.2, -0.15) is 0 Å². The summed E-state index contributed by atoms with van der Waals surface area (Å²) in [5, 5.41) is 34.3. The van der Waals surface area contributed by atoms with E-state index in [1.165, 1.54) is 60.7 Å². The summed E-state index contributed by atoms with van der Waals surface area (Å²) in [4.78, 5) is 73.8. The second kappa shape index (κ2) is 17.2. The van der Waals surface area contributed by atoms with Crippen LogP contribution < -0.4 is 20.3 Å². The van der Waals surface area contributed by atoms with Gasteiger partial charge in [0.15, 0.2) is 0 Å². The van der Waals surface area contributed by atoms with E-state index >= 15 is 0 Å². The summed E-state index contributed by atoms with van der Waals surface area (Å²) in [6, 6.07) is 12.6. The highest BCUT2D eigenvalue weighted by Crippen LogP contribution is 2.33. The van der Waals surface area contributed by atoms with Gasteiger partial charge in [-0.15, -0.1) is 0 Å². The predicted molar refractivity (Wildman–Crippen MR) is 170 cm³/mol. The number of methoxy groups -OCH3 is 2. The number of hydrogen-bond acceptors (Lipinski definition) is 10. The van der Waals surface area contributed by atoms with Crippen molar-refractivity contribution in [3.05, 3.63) is 82.4 Å². The molecular formula is C32H32ClN3O12. The number of esters is 1. The molecule has 0 saturated carbocycles. The van der Waals surface area contributed by atoms with Crippen molar-refractivity contribution < 1.29 is 58.3 Å². The van der Waals surface area contributed by atoms with Gasteiger partial charge in [-0.25, -0.2) is 19.2 Å². The van der Waals surface area contributed by atoms with Gasteiger partial charge in [0.1, 0.15) is 23.1 Å². The molecule has 254 valence electrons. The molecule has 3 aromatic carbocycles. The fourth-order valence-corrected chi connectivity index (χ4v) is 4.67. The third-order valence-corrected chi connectivity index (χ3v) is 6.97. The predicted octanol–water partition coefficient (Wildman–Crippen LogP) is 3.52. The molecule has 3 rings (SSSR count). The molecule has 0 heterocycles. The fourth-order valence-electron chi connectivity index (χ4n) is 4.47. The van der Waals surface area contributed by atoms with Gasteiger partial charge < -0.3 is 40.2 Å². The number of carboxylic acid groups (broad SMARTS) is 2. The number of aromatic hydroxyl groups is 1. The number of benzene rings is 3. The van der Waals surface area contributed by atoms with Crippen LogP contribution >= 0.6 is 11.6 Å². The Balaban J connectivity index is 1.66. The maximum atomic E-state index is 13.0. The van der Waals surface area contributed by atoms with Gasteiger partial charge in [0.05, 0.1) is 32.1 Å². The van der Waals surface area contributed by atoms with Crippen molar-refractivity contribution in [1.82, 2.24) is 10.6 Å². The monoisotopic (exact) mass is 685 g/mol. The Hall–Kier alpha value is -5.83. The van der Waals surface area contributed by atoms with Crippen molar-refractivity contribution >= 4 is 58.8 Å². The average Bonchev–Trinajstić information content (AvgIpc) is 3.06. The smallest absolute Gasteiger partial charge is 0.407 e. The molecule has 3 aromatic rings. The van der Waals surface area contributed by atoms with Crippen LogP contribution in [0.2, 0.25) is 5.02 Å². The SMILES string of the molecule is COC(=O)N[C@@H](Cc1ccc(N(C(=O)C(=O)O)c2ccccc2C(=O)O)cc1)C(=O)NCCCCOc1cc(Cl)cc(O)c1C(=O)OC. The number of carbonyl (C=O) groups is 6. The Bertz CT molecular complexity index is 1680. The van der Waals surface area contributed by atoms with Crippen LogP contribution in [0.15, 0.2) is 60.7 Å². The Kier molecular flexibility index (Phi) is 13.1. The number of alkyl carbamates (subject to hydrolysis) is 1. The molecule has 0 bridgehead atoms. The number of halogens is 1. The first kappa shape index (κ1) is 36.6. The Morgan fingerprint density at radius 3 is 2.23 bits per heavy atom. The molecule has 48 heavy (non-hydrogen) atoms. The van der Waals surface area contributed by atoms with Crippen LogP contribution in [0.1, 0.15) is 39.1 Å². The largest absolute Gasteiger partial charge is 0.507 e. The summed E-state index contributed by atoms with van der Waals surface area (Å²) in [6.07, 6.45) is -0.0509. The molecular weight excluding hydrogens is 654 g/mol. The highest BCUT2D eigenvalue weighted by Gasteiger charge is 2.28. The summed E-state index contributed by atoms with van der Waals surface area (Å²) in [6.45, 7) is 0.286. The van der Waals surface area contributed by atoms with E-state index in [0.717, 1.165) is 19.1 Å². The van der Waals surface area contributed by atoms with Gasteiger partial charge in [-0.05, 0) is 54.8 Å². The van der Waals surface area contributed by atoms with Crippen LogP contribution in [0.5, 0.6) is 11.5 Å². The van der Waals surface area contributed by atoms with Crippen molar-refractivity contribution in [3.63, 3.8) is 0 Å².